The van der Waals surface area contributed by atoms with E-state index in [2.05, 4.69) is 26.2 Å². The minimum absolute atomic E-state index is 0.121. The lowest BCUT2D eigenvalue weighted by atomic mass is 9.78. The lowest BCUT2D eigenvalue weighted by Gasteiger charge is -2.31. The molecule has 1 aliphatic heterocycles. The van der Waals surface area contributed by atoms with Crippen LogP contribution in [0.2, 0.25) is 0 Å². The molecule has 2 unspecified atom stereocenters. The summed E-state index contributed by atoms with van der Waals surface area (Å²) < 4.78 is 6.02. The maximum Gasteiger partial charge on any atom is 0.0935 e. The number of alkyl halides is 1. The van der Waals surface area contributed by atoms with Crippen LogP contribution in [0, 0.1) is 11.3 Å². The van der Waals surface area contributed by atoms with E-state index < -0.39 is 0 Å². The second kappa shape index (κ2) is 5.26. The fraction of sp³-hybridized carbons (Fsp3) is 0.812. The monoisotopic (exact) mass is 313 g/mol. The fourth-order valence-electron chi connectivity index (χ4n) is 3.16. The molecule has 2 fully saturated rings. The molecule has 20 heavy (non-hydrogen) atoms. The third-order valence-electron chi connectivity index (χ3n) is 4.64. The van der Waals surface area contributed by atoms with Crippen LogP contribution in [-0.2, 0) is 16.6 Å². The first kappa shape index (κ1) is 14.8. The first-order valence-corrected chi connectivity index (χ1v) is 8.98. The zero-order chi connectivity index (χ0) is 14.4. The summed E-state index contributed by atoms with van der Waals surface area (Å²) in [5, 5.41) is 3.44. The van der Waals surface area contributed by atoms with E-state index in [9.17, 15) is 0 Å². The minimum atomic E-state index is 0.121. The maximum atomic E-state index is 6.37. The van der Waals surface area contributed by atoms with Crippen LogP contribution in [-0.4, -0.2) is 23.6 Å². The summed E-state index contributed by atoms with van der Waals surface area (Å²) in [6.45, 7) is 7.52. The highest BCUT2D eigenvalue weighted by Gasteiger charge is 2.50. The quantitative estimate of drug-likeness (QED) is 0.768. The van der Waals surface area contributed by atoms with Crippen LogP contribution in [0.4, 0.5) is 0 Å². The van der Waals surface area contributed by atoms with Crippen molar-refractivity contribution in [3.63, 3.8) is 0 Å². The molecule has 0 bridgehead atoms. The van der Waals surface area contributed by atoms with E-state index >= 15 is 0 Å². The van der Waals surface area contributed by atoms with Gasteiger partial charge in [0.2, 0.25) is 0 Å². The smallest absolute Gasteiger partial charge is 0.0935 e. The number of ether oxygens (including phenoxy) is 1. The van der Waals surface area contributed by atoms with Gasteiger partial charge in [-0.25, -0.2) is 4.98 Å². The lowest BCUT2D eigenvalue weighted by Crippen LogP contribution is -2.36. The van der Waals surface area contributed by atoms with Gasteiger partial charge >= 0.3 is 0 Å². The first-order valence-electron chi connectivity index (χ1n) is 7.57. The molecule has 1 aromatic rings. The molecule has 112 valence electrons. The second-order valence-corrected chi connectivity index (χ2v) is 8.64. The summed E-state index contributed by atoms with van der Waals surface area (Å²) in [5.74, 6) is 1.44. The fourth-order valence-corrected chi connectivity index (χ4v) is 4.72. The van der Waals surface area contributed by atoms with Gasteiger partial charge in [0.05, 0.1) is 16.8 Å². The predicted octanol–water partition coefficient (Wildman–Crippen LogP) is 4.41. The highest BCUT2D eigenvalue weighted by Crippen LogP contribution is 2.50. The van der Waals surface area contributed by atoms with Gasteiger partial charge in [0.15, 0.2) is 0 Å². The molecule has 0 spiro atoms. The van der Waals surface area contributed by atoms with E-state index in [4.69, 9.17) is 21.3 Å². The average molecular weight is 314 g/mol. The van der Waals surface area contributed by atoms with Gasteiger partial charge in [0.1, 0.15) is 0 Å². The Hall–Kier alpha value is -0.120. The molecule has 2 nitrogen and oxygen atoms in total. The molecule has 0 radical (unpaired) electrons. The molecule has 1 saturated heterocycles. The van der Waals surface area contributed by atoms with Crippen LogP contribution in [0.15, 0.2) is 5.38 Å². The molecule has 2 heterocycles. The molecule has 4 heteroatoms. The van der Waals surface area contributed by atoms with Crippen LogP contribution in [0.5, 0.6) is 0 Å². The van der Waals surface area contributed by atoms with Crippen molar-refractivity contribution in [1.82, 2.24) is 4.98 Å². The molecule has 0 N–H and O–H groups in total. The molecule has 2 aliphatic rings. The Labute approximate surface area is 130 Å². The van der Waals surface area contributed by atoms with Gasteiger partial charge in [-0.15, -0.1) is 22.9 Å². The molecule has 0 aromatic carbocycles. The molecule has 1 aromatic heterocycles. The molecule has 1 aliphatic carbocycles. The highest BCUT2D eigenvalue weighted by atomic mass is 35.5. The van der Waals surface area contributed by atoms with Crippen molar-refractivity contribution in [3.8, 4) is 0 Å². The number of halogens is 1. The zero-order valence-electron chi connectivity index (χ0n) is 12.6. The van der Waals surface area contributed by atoms with E-state index in [1.165, 1.54) is 23.5 Å². The normalized spacial score (nSPS) is 30.9. The van der Waals surface area contributed by atoms with E-state index in [0.717, 1.165) is 25.4 Å². The predicted molar refractivity (Wildman–Crippen MR) is 84.8 cm³/mol. The molecule has 0 amide bonds. The van der Waals surface area contributed by atoms with Crippen molar-refractivity contribution in [2.45, 2.75) is 58.0 Å². The van der Waals surface area contributed by atoms with E-state index in [1.807, 2.05) is 0 Å². The summed E-state index contributed by atoms with van der Waals surface area (Å²) in [6.07, 6.45) is 5.06. The molecule has 3 rings (SSSR count). The largest absolute Gasteiger partial charge is 0.377 e. The van der Waals surface area contributed by atoms with E-state index in [1.54, 1.807) is 11.3 Å². The van der Waals surface area contributed by atoms with Gasteiger partial charge in [0, 0.05) is 35.1 Å². The van der Waals surface area contributed by atoms with E-state index in [-0.39, 0.29) is 10.8 Å². The van der Waals surface area contributed by atoms with Crippen LogP contribution in [0.3, 0.4) is 0 Å². The second-order valence-electron chi connectivity index (χ2n) is 7.43. The summed E-state index contributed by atoms with van der Waals surface area (Å²) in [6, 6.07) is 0. The van der Waals surface area contributed by atoms with Gasteiger partial charge < -0.3 is 4.74 Å². The Bertz CT molecular complexity index is 477. The number of aromatic nitrogens is 1. The summed E-state index contributed by atoms with van der Waals surface area (Å²) >= 11 is 8.16. The van der Waals surface area contributed by atoms with Crippen molar-refractivity contribution in [2.24, 2.45) is 11.3 Å². The molecule has 1 saturated carbocycles. The maximum absolute atomic E-state index is 6.37. The van der Waals surface area contributed by atoms with Gasteiger partial charge in [-0.2, -0.15) is 0 Å². The van der Waals surface area contributed by atoms with Crippen LogP contribution < -0.4 is 0 Å². The number of thiazole rings is 1. The molecule has 2 atom stereocenters. The van der Waals surface area contributed by atoms with Gasteiger partial charge in [-0.05, 0) is 25.2 Å². The van der Waals surface area contributed by atoms with Crippen molar-refractivity contribution in [2.75, 3.05) is 12.5 Å². The standard InChI is InChI=1S/C16H24ClNOS/c1-15(2,3)12-9-20-13(18-12)8-16(10-17)6-7-19-14(16)11-4-5-11/h9,11,14H,4-8,10H2,1-3H3. The number of hydrogen-bond acceptors (Lipinski definition) is 3. The third-order valence-corrected chi connectivity index (χ3v) is 6.02. The van der Waals surface area contributed by atoms with Crippen LogP contribution >= 0.6 is 22.9 Å². The average Bonchev–Trinajstić information content (AvgIpc) is 2.96. The summed E-state index contributed by atoms with van der Waals surface area (Å²) in [4.78, 5) is 4.86. The number of rotatable bonds is 4. The molecular weight excluding hydrogens is 290 g/mol. The van der Waals surface area contributed by atoms with Crippen molar-refractivity contribution < 1.29 is 4.74 Å². The summed E-state index contributed by atoms with van der Waals surface area (Å²) in [5.41, 5.74) is 1.45. The number of nitrogens with zero attached hydrogens (tertiary/aromatic N) is 1. The van der Waals surface area contributed by atoms with Crippen LogP contribution in [0.1, 0.15) is 50.7 Å². The lowest BCUT2D eigenvalue weighted by molar-refractivity contribution is 0.0402. The van der Waals surface area contributed by atoms with Gasteiger partial charge in [-0.3, -0.25) is 0 Å². The Kier molecular flexibility index (Phi) is 3.89. The SMILES string of the molecule is CC(C)(C)c1csc(CC2(CCl)CCOC2C2CC2)n1. The minimum Gasteiger partial charge on any atom is -0.377 e. The van der Waals surface area contributed by atoms with Crippen LogP contribution in [0.25, 0.3) is 0 Å². The summed E-state index contributed by atoms with van der Waals surface area (Å²) in [7, 11) is 0. The first-order chi connectivity index (χ1) is 9.44. The van der Waals surface area contributed by atoms with Crippen molar-refractivity contribution in [3.05, 3.63) is 16.1 Å². The van der Waals surface area contributed by atoms with E-state index in [0.29, 0.717) is 12.0 Å². The Morgan fingerprint density at radius 1 is 1.45 bits per heavy atom. The van der Waals surface area contributed by atoms with Gasteiger partial charge in [0.25, 0.3) is 0 Å². The molecular formula is C16H24ClNOS. The zero-order valence-corrected chi connectivity index (χ0v) is 14.2. The Balaban J connectivity index is 1.79. The van der Waals surface area contributed by atoms with Crippen molar-refractivity contribution in [1.29, 1.82) is 0 Å². The highest BCUT2D eigenvalue weighted by molar-refractivity contribution is 7.09. The Morgan fingerprint density at radius 2 is 2.20 bits per heavy atom. The number of hydrogen-bond donors (Lipinski definition) is 0. The van der Waals surface area contributed by atoms with Crippen molar-refractivity contribution >= 4 is 22.9 Å². The topological polar surface area (TPSA) is 22.1 Å². The third kappa shape index (κ3) is 2.77. The van der Waals surface area contributed by atoms with Gasteiger partial charge in [-0.1, -0.05) is 20.8 Å². The Morgan fingerprint density at radius 3 is 2.75 bits per heavy atom.